The topological polar surface area (TPSA) is 21.3 Å². The number of hydrogen-bond donors (Lipinski definition) is 1. The van der Waals surface area contributed by atoms with Crippen LogP contribution in [0.3, 0.4) is 0 Å². The van der Waals surface area contributed by atoms with E-state index in [-0.39, 0.29) is 11.7 Å². The lowest BCUT2D eigenvalue weighted by Crippen LogP contribution is -2.46. The molecule has 1 aliphatic rings. The van der Waals surface area contributed by atoms with Gasteiger partial charge in [0.25, 0.3) is 0 Å². The van der Waals surface area contributed by atoms with Crippen LogP contribution in [-0.4, -0.2) is 12.9 Å². The average Bonchev–Trinajstić information content (AvgIpc) is 2.64. The highest BCUT2D eigenvalue weighted by atomic mass is 19.4. The maximum absolute atomic E-state index is 12.7. The van der Waals surface area contributed by atoms with E-state index in [1.807, 2.05) is 13.8 Å². The van der Waals surface area contributed by atoms with Crippen molar-refractivity contribution in [3.05, 3.63) is 29.8 Å². The van der Waals surface area contributed by atoms with E-state index in [1.165, 1.54) is 6.07 Å². The summed E-state index contributed by atoms with van der Waals surface area (Å²) < 4.78 is 42.2. The third kappa shape index (κ3) is 3.70. The fraction of sp³-hybridized carbons (Fsp3) is 0.625. The van der Waals surface area contributed by atoms with Gasteiger partial charge in [0.1, 0.15) is 5.75 Å². The Morgan fingerprint density at radius 3 is 2.52 bits per heavy atom. The summed E-state index contributed by atoms with van der Waals surface area (Å²) in [5.41, 5.74) is 0.150. The standard InChI is InChI=1S/C16H22F3NO/c1-12(2)15(10-6-3-7-11-20-15)13-8-4-5-9-14(13)21-16(17,18)19/h4-5,8-9,12,20H,3,6-7,10-11H2,1-2H3. The van der Waals surface area contributed by atoms with Crippen molar-refractivity contribution < 1.29 is 17.9 Å². The van der Waals surface area contributed by atoms with Gasteiger partial charge in [-0.05, 0) is 31.4 Å². The normalized spacial score (nSPS) is 23.9. The Morgan fingerprint density at radius 1 is 1.14 bits per heavy atom. The first kappa shape index (κ1) is 16.1. The van der Waals surface area contributed by atoms with Crippen LogP contribution in [0.4, 0.5) is 13.2 Å². The molecule has 0 amide bonds. The number of hydrogen-bond acceptors (Lipinski definition) is 2. The summed E-state index contributed by atoms with van der Waals surface area (Å²) in [5, 5.41) is 3.49. The number of para-hydroxylation sites is 1. The molecule has 0 aliphatic carbocycles. The molecule has 1 fully saturated rings. The minimum atomic E-state index is -4.67. The first-order valence-corrected chi connectivity index (χ1v) is 7.45. The predicted octanol–water partition coefficient (Wildman–Crippen LogP) is 4.60. The molecule has 1 unspecified atom stereocenters. The van der Waals surface area contributed by atoms with Gasteiger partial charge in [-0.2, -0.15) is 0 Å². The molecular formula is C16H22F3NO. The number of halogens is 3. The van der Waals surface area contributed by atoms with Gasteiger partial charge in [-0.3, -0.25) is 0 Å². The van der Waals surface area contributed by atoms with Crippen molar-refractivity contribution in [2.75, 3.05) is 6.54 Å². The second-order valence-electron chi connectivity index (χ2n) is 5.91. The minimum Gasteiger partial charge on any atom is -0.405 e. The summed E-state index contributed by atoms with van der Waals surface area (Å²) in [7, 11) is 0. The van der Waals surface area contributed by atoms with Crippen molar-refractivity contribution >= 4 is 0 Å². The van der Waals surface area contributed by atoms with E-state index < -0.39 is 11.9 Å². The molecule has 1 N–H and O–H groups in total. The Labute approximate surface area is 123 Å². The molecule has 2 rings (SSSR count). The third-order valence-electron chi connectivity index (χ3n) is 4.27. The number of alkyl halides is 3. The van der Waals surface area contributed by atoms with E-state index in [0.29, 0.717) is 5.56 Å². The van der Waals surface area contributed by atoms with Crippen LogP contribution in [0.2, 0.25) is 0 Å². The fourth-order valence-corrected chi connectivity index (χ4v) is 3.19. The van der Waals surface area contributed by atoms with E-state index >= 15 is 0 Å². The van der Waals surface area contributed by atoms with Gasteiger partial charge in [0, 0.05) is 11.1 Å². The van der Waals surface area contributed by atoms with Gasteiger partial charge in [-0.15, -0.1) is 13.2 Å². The molecule has 5 heteroatoms. The van der Waals surface area contributed by atoms with E-state index in [2.05, 4.69) is 10.1 Å². The van der Waals surface area contributed by atoms with Gasteiger partial charge < -0.3 is 10.1 Å². The van der Waals surface area contributed by atoms with E-state index in [4.69, 9.17) is 0 Å². The summed E-state index contributed by atoms with van der Waals surface area (Å²) >= 11 is 0. The molecule has 118 valence electrons. The van der Waals surface area contributed by atoms with Crippen LogP contribution in [0.1, 0.15) is 45.1 Å². The molecule has 0 aromatic heterocycles. The number of benzene rings is 1. The molecule has 1 saturated heterocycles. The second-order valence-corrected chi connectivity index (χ2v) is 5.91. The zero-order chi connectivity index (χ0) is 15.5. The molecule has 0 radical (unpaired) electrons. The van der Waals surface area contributed by atoms with Crippen molar-refractivity contribution in [3.63, 3.8) is 0 Å². The molecule has 2 nitrogen and oxygen atoms in total. The quantitative estimate of drug-likeness (QED) is 0.881. The van der Waals surface area contributed by atoms with Crippen LogP contribution in [0.15, 0.2) is 24.3 Å². The summed E-state index contributed by atoms with van der Waals surface area (Å²) in [6.45, 7) is 4.91. The summed E-state index contributed by atoms with van der Waals surface area (Å²) in [4.78, 5) is 0. The Morgan fingerprint density at radius 2 is 1.86 bits per heavy atom. The first-order valence-electron chi connectivity index (χ1n) is 7.45. The van der Waals surface area contributed by atoms with Gasteiger partial charge in [-0.25, -0.2) is 0 Å². The molecule has 0 saturated carbocycles. The molecule has 1 aromatic rings. The highest BCUT2D eigenvalue weighted by Crippen LogP contribution is 2.42. The minimum absolute atomic E-state index is 0.0897. The summed E-state index contributed by atoms with van der Waals surface area (Å²) in [6.07, 6.45) is -0.687. The summed E-state index contributed by atoms with van der Waals surface area (Å²) in [5.74, 6) is 0.0849. The van der Waals surface area contributed by atoms with E-state index in [0.717, 1.165) is 32.2 Å². The molecular weight excluding hydrogens is 279 g/mol. The van der Waals surface area contributed by atoms with Crippen molar-refractivity contribution in [2.45, 2.75) is 51.4 Å². The van der Waals surface area contributed by atoms with E-state index in [9.17, 15) is 13.2 Å². The number of nitrogens with one attached hydrogen (secondary N) is 1. The van der Waals surface area contributed by atoms with Crippen LogP contribution >= 0.6 is 0 Å². The van der Waals surface area contributed by atoms with Crippen LogP contribution in [0, 0.1) is 5.92 Å². The van der Waals surface area contributed by atoms with Crippen LogP contribution in [0.5, 0.6) is 5.75 Å². The highest BCUT2D eigenvalue weighted by Gasteiger charge is 2.40. The average molecular weight is 301 g/mol. The smallest absolute Gasteiger partial charge is 0.405 e. The lowest BCUT2D eigenvalue weighted by Gasteiger charge is -2.39. The maximum atomic E-state index is 12.7. The molecule has 0 spiro atoms. The van der Waals surface area contributed by atoms with Gasteiger partial charge >= 0.3 is 6.36 Å². The largest absolute Gasteiger partial charge is 0.573 e. The molecule has 0 bridgehead atoms. The first-order chi connectivity index (χ1) is 9.85. The van der Waals surface area contributed by atoms with Crippen molar-refractivity contribution in [1.29, 1.82) is 0 Å². The Balaban J connectivity index is 2.45. The van der Waals surface area contributed by atoms with Gasteiger partial charge in [0.05, 0.1) is 0 Å². The maximum Gasteiger partial charge on any atom is 0.573 e. The van der Waals surface area contributed by atoms with Gasteiger partial charge in [-0.1, -0.05) is 44.9 Å². The Bertz CT molecular complexity index is 463. The Kier molecular flexibility index (Phi) is 4.81. The zero-order valence-corrected chi connectivity index (χ0v) is 12.5. The van der Waals surface area contributed by atoms with Crippen molar-refractivity contribution in [2.24, 2.45) is 5.92 Å². The third-order valence-corrected chi connectivity index (χ3v) is 4.27. The molecule has 1 atom stereocenters. The lowest BCUT2D eigenvalue weighted by atomic mass is 9.76. The van der Waals surface area contributed by atoms with Crippen molar-refractivity contribution in [3.8, 4) is 5.75 Å². The van der Waals surface area contributed by atoms with Crippen LogP contribution < -0.4 is 10.1 Å². The monoisotopic (exact) mass is 301 g/mol. The zero-order valence-electron chi connectivity index (χ0n) is 12.5. The van der Waals surface area contributed by atoms with Crippen LogP contribution in [-0.2, 0) is 5.54 Å². The van der Waals surface area contributed by atoms with Gasteiger partial charge in [0.15, 0.2) is 0 Å². The lowest BCUT2D eigenvalue weighted by molar-refractivity contribution is -0.275. The highest BCUT2D eigenvalue weighted by molar-refractivity contribution is 5.40. The second kappa shape index (κ2) is 6.26. The van der Waals surface area contributed by atoms with Crippen LogP contribution in [0.25, 0.3) is 0 Å². The molecule has 21 heavy (non-hydrogen) atoms. The Hall–Kier alpha value is -1.23. The SMILES string of the molecule is CC(C)C1(c2ccccc2OC(F)(F)F)CCCCCN1. The van der Waals surface area contributed by atoms with Gasteiger partial charge in [0.2, 0.25) is 0 Å². The summed E-state index contributed by atoms with van der Waals surface area (Å²) in [6, 6.07) is 6.50. The molecule has 1 aliphatic heterocycles. The molecule has 1 aromatic carbocycles. The number of ether oxygens (including phenoxy) is 1. The fourth-order valence-electron chi connectivity index (χ4n) is 3.19. The van der Waals surface area contributed by atoms with E-state index in [1.54, 1.807) is 18.2 Å². The van der Waals surface area contributed by atoms with Crippen molar-refractivity contribution in [1.82, 2.24) is 5.32 Å². The number of rotatable bonds is 3. The molecule has 1 heterocycles. The predicted molar refractivity (Wildman–Crippen MR) is 76.1 cm³/mol.